The summed E-state index contributed by atoms with van der Waals surface area (Å²) in [4.78, 5) is 26.1. The summed E-state index contributed by atoms with van der Waals surface area (Å²) >= 11 is 0. The highest BCUT2D eigenvalue weighted by Gasteiger charge is 2.45. The third-order valence-electron chi connectivity index (χ3n) is 6.56. The second kappa shape index (κ2) is 12.7. The summed E-state index contributed by atoms with van der Waals surface area (Å²) in [6, 6.07) is 6.40. The minimum Gasteiger partial charge on any atom is -0.481 e. The maximum absolute atomic E-state index is 13.0. The van der Waals surface area contributed by atoms with Gasteiger partial charge in [-0.2, -0.15) is 0 Å². The fourth-order valence-electron chi connectivity index (χ4n) is 4.62. The molecule has 35 heavy (non-hydrogen) atoms. The molecule has 1 N–H and O–H groups in total. The SMILES string of the molecule is CN(C)S(=O)(=O)c1ccc(CO[C@H]2CC(=O)[C@H](N3CCOCC3)[C@H]2C/C=C\CCCC(=O)O)cc1. The van der Waals surface area contributed by atoms with Gasteiger partial charge in [-0.15, -0.1) is 0 Å². The molecule has 0 amide bonds. The van der Waals surface area contributed by atoms with E-state index in [0.29, 0.717) is 52.0 Å². The first-order valence-electron chi connectivity index (χ1n) is 12.0. The molecule has 2 fully saturated rings. The second-order valence-electron chi connectivity index (χ2n) is 9.20. The van der Waals surface area contributed by atoms with Gasteiger partial charge in [-0.25, -0.2) is 12.7 Å². The number of morpholine rings is 1. The predicted molar refractivity (Wildman–Crippen MR) is 130 cm³/mol. The van der Waals surface area contributed by atoms with Crippen LogP contribution in [0.2, 0.25) is 0 Å². The van der Waals surface area contributed by atoms with Crippen LogP contribution in [0.1, 0.15) is 37.7 Å². The van der Waals surface area contributed by atoms with Crippen molar-refractivity contribution in [1.82, 2.24) is 9.21 Å². The van der Waals surface area contributed by atoms with Crippen LogP contribution in [-0.2, 0) is 35.7 Å². The Bertz CT molecular complexity index is 986. The zero-order valence-electron chi connectivity index (χ0n) is 20.5. The Balaban J connectivity index is 1.65. The van der Waals surface area contributed by atoms with Gasteiger partial charge in [0.25, 0.3) is 0 Å². The van der Waals surface area contributed by atoms with E-state index in [1.807, 2.05) is 12.2 Å². The fraction of sp³-hybridized carbons (Fsp3) is 0.600. The molecule has 2 aliphatic rings. The number of unbranched alkanes of at least 4 members (excludes halogenated alkanes) is 1. The molecule has 0 spiro atoms. The van der Waals surface area contributed by atoms with E-state index in [4.69, 9.17) is 14.6 Å². The number of carboxylic acid groups (broad SMARTS) is 1. The van der Waals surface area contributed by atoms with Crippen LogP contribution < -0.4 is 0 Å². The molecule has 0 unspecified atom stereocenters. The van der Waals surface area contributed by atoms with Crippen molar-refractivity contribution in [2.45, 2.75) is 55.8 Å². The normalized spacial score (nSPS) is 24.0. The monoisotopic (exact) mass is 508 g/mol. The van der Waals surface area contributed by atoms with Crippen molar-refractivity contribution in [3.63, 3.8) is 0 Å². The maximum Gasteiger partial charge on any atom is 0.303 e. The quantitative estimate of drug-likeness (QED) is 0.338. The lowest BCUT2D eigenvalue weighted by Crippen LogP contribution is -2.49. The minimum absolute atomic E-state index is 0.00952. The van der Waals surface area contributed by atoms with Crippen LogP contribution in [0.5, 0.6) is 0 Å². The molecule has 0 aromatic heterocycles. The van der Waals surface area contributed by atoms with Gasteiger partial charge in [-0.3, -0.25) is 14.5 Å². The number of sulfonamides is 1. The van der Waals surface area contributed by atoms with Gasteiger partial charge in [0.05, 0.1) is 36.9 Å². The number of hydrogen-bond donors (Lipinski definition) is 1. The van der Waals surface area contributed by atoms with Gasteiger partial charge in [0, 0.05) is 45.9 Å². The zero-order valence-corrected chi connectivity index (χ0v) is 21.3. The summed E-state index contributed by atoms with van der Waals surface area (Å²) < 4.78 is 37.4. The highest BCUT2D eigenvalue weighted by molar-refractivity contribution is 7.89. The molecule has 1 saturated heterocycles. The number of Topliss-reactive ketones (excluding diaryl/α,β-unsaturated/α-hetero) is 1. The number of allylic oxidation sites excluding steroid dienone is 2. The Morgan fingerprint density at radius 3 is 2.51 bits per heavy atom. The molecule has 194 valence electrons. The van der Waals surface area contributed by atoms with Crippen molar-refractivity contribution >= 4 is 21.8 Å². The fourth-order valence-corrected chi connectivity index (χ4v) is 5.52. The van der Waals surface area contributed by atoms with E-state index >= 15 is 0 Å². The van der Waals surface area contributed by atoms with E-state index in [9.17, 15) is 18.0 Å². The van der Waals surface area contributed by atoms with E-state index in [1.165, 1.54) is 18.4 Å². The summed E-state index contributed by atoms with van der Waals surface area (Å²) in [5, 5.41) is 8.79. The van der Waals surface area contributed by atoms with Crippen molar-refractivity contribution in [3.8, 4) is 0 Å². The number of hydrogen-bond acceptors (Lipinski definition) is 7. The zero-order chi connectivity index (χ0) is 25.4. The number of aliphatic carboxylic acids is 1. The average Bonchev–Trinajstić information content (AvgIpc) is 3.15. The van der Waals surface area contributed by atoms with E-state index in [2.05, 4.69) is 4.90 Å². The largest absolute Gasteiger partial charge is 0.481 e. The number of carbonyl (C=O) groups excluding carboxylic acids is 1. The lowest BCUT2D eigenvalue weighted by atomic mass is 9.95. The second-order valence-corrected chi connectivity index (χ2v) is 11.4. The molecule has 0 bridgehead atoms. The standard InChI is InChI=1S/C25H36N2O7S/c1-26(2)35(31,32)20-11-9-19(10-12-20)18-34-23-17-22(28)25(27-13-15-33-16-14-27)21(23)7-5-3-4-6-8-24(29)30/h3,5,9-12,21,23,25H,4,6-8,13-18H2,1-2H3,(H,29,30)/b5-3-/t21-,23-,25+/m0/s1. The third-order valence-corrected chi connectivity index (χ3v) is 8.39. The Labute approximate surface area is 207 Å². The van der Waals surface area contributed by atoms with Crippen LogP contribution in [0.15, 0.2) is 41.3 Å². The van der Waals surface area contributed by atoms with E-state index in [-0.39, 0.29) is 41.8 Å². The first-order chi connectivity index (χ1) is 16.7. The van der Waals surface area contributed by atoms with Gasteiger partial charge in [0.15, 0.2) is 5.78 Å². The molecule has 9 nitrogen and oxygen atoms in total. The first-order valence-corrected chi connectivity index (χ1v) is 13.5. The van der Waals surface area contributed by atoms with Crippen LogP contribution in [-0.4, -0.2) is 87.0 Å². The van der Waals surface area contributed by atoms with E-state index in [1.54, 1.807) is 24.3 Å². The topological polar surface area (TPSA) is 113 Å². The van der Waals surface area contributed by atoms with Crippen LogP contribution in [0.25, 0.3) is 0 Å². The van der Waals surface area contributed by atoms with Crippen molar-refractivity contribution in [3.05, 3.63) is 42.0 Å². The number of carboxylic acids is 1. The van der Waals surface area contributed by atoms with Crippen LogP contribution in [0.4, 0.5) is 0 Å². The average molecular weight is 509 g/mol. The molecule has 1 aromatic carbocycles. The number of ketones is 1. The molecule has 3 atom stereocenters. The summed E-state index contributed by atoms with van der Waals surface area (Å²) in [6.45, 7) is 2.92. The predicted octanol–water partition coefficient (Wildman–Crippen LogP) is 2.31. The molecule has 1 aliphatic heterocycles. The Kier molecular flexibility index (Phi) is 9.99. The molecular formula is C25H36N2O7S. The third kappa shape index (κ3) is 7.44. The lowest BCUT2D eigenvalue weighted by molar-refractivity contribution is -0.137. The first kappa shape index (κ1) is 27.5. The smallest absolute Gasteiger partial charge is 0.303 e. The highest BCUT2D eigenvalue weighted by atomic mass is 32.2. The minimum atomic E-state index is -3.49. The summed E-state index contributed by atoms with van der Waals surface area (Å²) in [7, 11) is -0.500. The van der Waals surface area contributed by atoms with Gasteiger partial charge < -0.3 is 14.6 Å². The van der Waals surface area contributed by atoms with Gasteiger partial charge in [0.1, 0.15) is 0 Å². The van der Waals surface area contributed by atoms with E-state index < -0.39 is 16.0 Å². The molecule has 0 radical (unpaired) electrons. The number of benzene rings is 1. The lowest BCUT2D eigenvalue weighted by Gasteiger charge is -2.35. The number of ether oxygens (including phenoxy) is 2. The van der Waals surface area contributed by atoms with Gasteiger partial charge in [-0.1, -0.05) is 24.3 Å². The van der Waals surface area contributed by atoms with Gasteiger partial charge in [-0.05, 0) is 37.0 Å². The molecular weight excluding hydrogens is 472 g/mol. The van der Waals surface area contributed by atoms with E-state index in [0.717, 1.165) is 5.56 Å². The summed E-state index contributed by atoms with van der Waals surface area (Å²) in [5.74, 6) is -0.633. The summed E-state index contributed by atoms with van der Waals surface area (Å²) in [5.41, 5.74) is 0.841. The van der Waals surface area contributed by atoms with Crippen molar-refractivity contribution < 1.29 is 32.6 Å². The molecule has 1 saturated carbocycles. The van der Waals surface area contributed by atoms with Crippen LogP contribution in [0, 0.1) is 5.92 Å². The Morgan fingerprint density at radius 1 is 1.20 bits per heavy atom. The van der Waals surface area contributed by atoms with Crippen LogP contribution in [0.3, 0.4) is 0 Å². The highest BCUT2D eigenvalue weighted by Crippen LogP contribution is 2.34. The molecule has 1 aromatic rings. The molecule has 3 rings (SSSR count). The molecule has 1 aliphatic carbocycles. The number of carbonyl (C=O) groups is 2. The molecule has 10 heteroatoms. The Morgan fingerprint density at radius 2 is 1.89 bits per heavy atom. The van der Waals surface area contributed by atoms with Gasteiger partial charge in [0.2, 0.25) is 10.0 Å². The van der Waals surface area contributed by atoms with Crippen molar-refractivity contribution in [1.29, 1.82) is 0 Å². The summed E-state index contributed by atoms with van der Waals surface area (Å²) in [6.07, 6.45) is 6.20. The van der Waals surface area contributed by atoms with Crippen LogP contribution >= 0.6 is 0 Å². The number of nitrogens with zero attached hydrogens (tertiary/aromatic N) is 2. The van der Waals surface area contributed by atoms with Crippen molar-refractivity contribution in [2.24, 2.45) is 5.92 Å². The Hall–Kier alpha value is -2.11. The van der Waals surface area contributed by atoms with Gasteiger partial charge >= 0.3 is 5.97 Å². The number of rotatable bonds is 12. The maximum atomic E-state index is 13.0. The van der Waals surface area contributed by atoms with Crippen molar-refractivity contribution in [2.75, 3.05) is 40.4 Å². The molecule has 1 heterocycles.